The number of aryl methyl sites for hydroxylation is 2. The fraction of sp³-hybridized carbons (Fsp3) is 0.667. The van der Waals surface area contributed by atoms with E-state index in [1.807, 2.05) is 19.3 Å². The lowest BCUT2D eigenvalue weighted by atomic mass is 10.1. The van der Waals surface area contributed by atoms with Gasteiger partial charge >= 0.3 is 0 Å². The molecule has 0 aliphatic rings. The molecule has 14 heavy (non-hydrogen) atoms. The summed E-state index contributed by atoms with van der Waals surface area (Å²) in [7, 11) is 0. The maximum Gasteiger partial charge on any atom is 0.128 e. The van der Waals surface area contributed by atoms with E-state index in [-0.39, 0.29) is 0 Å². The summed E-state index contributed by atoms with van der Waals surface area (Å²) in [6, 6.07) is 0. The lowest BCUT2D eigenvalue weighted by molar-refractivity contribution is 0.622. The van der Waals surface area contributed by atoms with Crippen LogP contribution in [-0.2, 0) is 6.42 Å². The van der Waals surface area contributed by atoms with Crippen LogP contribution in [0.5, 0.6) is 0 Å². The van der Waals surface area contributed by atoms with E-state index < -0.39 is 0 Å². The third-order valence-corrected chi connectivity index (χ3v) is 2.34. The van der Waals surface area contributed by atoms with Crippen molar-refractivity contribution in [3.8, 4) is 0 Å². The summed E-state index contributed by atoms with van der Waals surface area (Å²) in [5.74, 6) is 0.993. The molecule has 78 valence electrons. The Balaban J connectivity index is 2.15. The van der Waals surface area contributed by atoms with Crippen LogP contribution < -0.4 is 0 Å². The highest BCUT2D eigenvalue weighted by molar-refractivity contribution is 5.01. The average Bonchev–Trinajstić information content (AvgIpc) is 2.21. The third kappa shape index (κ3) is 4.35. The maximum absolute atomic E-state index is 4.28. The molecule has 0 aromatic carbocycles. The van der Waals surface area contributed by atoms with E-state index in [4.69, 9.17) is 0 Å². The topological polar surface area (TPSA) is 25.8 Å². The van der Waals surface area contributed by atoms with Gasteiger partial charge in [-0.2, -0.15) is 0 Å². The number of hydrogen-bond donors (Lipinski definition) is 0. The van der Waals surface area contributed by atoms with Gasteiger partial charge < -0.3 is 0 Å². The van der Waals surface area contributed by atoms with Crippen molar-refractivity contribution in [2.45, 2.75) is 52.4 Å². The zero-order valence-corrected chi connectivity index (χ0v) is 9.29. The first kappa shape index (κ1) is 11.2. The Labute approximate surface area is 86.8 Å². The Morgan fingerprint density at radius 2 is 1.64 bits per heavy atom. The minimum Gasteiger partial charge on any atom is -0.241 e. The second-order valence-electron chi connectivity index (χ2n) is 3.84. The van der Waals surface area contributed by atoms with E-state index in [9.17, 15) is 0 Å². The number of unbranched alkanes of at least 4 members (excludes halogenated alkanes) is 4. The minimum atomic E-state index is 0.993. The van der Waals surface area contributed by atoms with Gasteiger partial charge in [0, 0.05) is 18.8 Å². The molecule has 2 heteroatoms. The monoisotopic (exact) mass is 192 g/mol. The van der Waals surface area contributed by atoms with Gasteiger partial charge in [0.05, 0.1) is 0 Å². The van der Waals surface area contributed by atoms with Gasteiger partial charge in [0.2, 0.25) is 0 Å². The van der Waals surface area contributed by atoms with Crippen LogP contribution in [0.4, 0.5) is 0 Å². The van der Waals surface area contributed by atoms with Gasteiger partial charge in [0.1, 0.15) is 5.82 Å². The lowest BCUT2D eigenvalue weighted by Crippen LogP contribution is -1.94. The molecule has 1 aromatic rings. The first-order valence-corrected chi connectivity index (χ1v) is 5.60. The Bertz CT molecular complexity index is 241. The van der Waals surface area contributed by atoms with Crippen molar-refractivity contribution in [3.05, 3.63) is 23.8 Å². The fourth-order valence-electron chi connectivity index (χ4n) is 1.44. The predicted molar refractivity (Wildman–Crippen MR) is 59.2 cm³/mol. The Kier molecular flexibility index (Phi) is 5.20. The van der Waals surface area contributed by atoms with Crippen molar-refractivity contribution < 1.29 is 0 Å². The van der Waals surface area contributed by atoms with Crippen molar-refractivity contribution >= 4 is 0 Å². The summed E-state index contributed by atoms with van der Waals surface area (Å²) in [5.41, 5.74) is 1.14. The molecule has 1 heterocycles. The van der Waals surface area contributed by atoms with Gasteiger partial charge in [-0.25, -0.2) is 9.97 Å². The SMILES string of the molecule is CCCCCCCc1ncc(C)cn1. The molecule has 0 radical (unpaired) electrons. The standard InChI is InChI=1S/C12H20N2/c1-3-4-5-6-7-8-12-13-9-11(2)10-14-12/h9-10H,3-8H2,1-2H3. The molecule has 0 unspecified atom stereocenters. The highest BCUT2D eigenvalue weighted by Gasteiger charge is 1.95. The molecule has 1 aromatic heterocycles. The van der Waals surface area contributed by atoms with Gasteiger partial charge in [0.15, 0.2) is 0 Å². The van der Waals surface area contributed by atoms with Crippen molar-refractivity contribution in [1.82, 2.24) is 9.97 Å². The number of rotatable bonds is 6. The summed E-state index contributed by atoms with van der Waals surface area (Å²) < 4.78 is 0. The minimum absolute atomic E-state index is 0.993. The van der Waals surface area contributed by atoms with Gasteiger partial charge in [0.25, 0.3) is 0 Å². The Morgan fingerprint density at radius 3 is 2.29 bits per heavy atom. The van der Waals surface area contributed by atoms with Crippen LogP contribution in [0, 0.1) is 6.92 Å². The number of nitrogens with zero attached hydrogens (tertiary/aromatic N) is 2. The van der Waals surface area contributed by atoms with Gasteiger partial charge in [-0.15, -0.1) is 0 Å². The molecule has 2 nitrogen and oxygen atoms in total. The lowest BCUT2D eigenvalue weighted by Gasteiger charge is -2.00. The Hall–Kier alpha value is -0.920. The first-order valence-electron chi connectivity index (χ1n) is 5.60. The maximum atomic E-state index is 4.28. The number of hydrogen-bond acceptors (Lipinski definition) is 2. The highest BCUT2D eigenvalue weighted by Crippen LogP contribution is 2.05. The predicted octanol–water partition coefficient (Wildman–Crippen LogP) is 3.30. The van der Waals surface area contributed by atoms with E-state index in [0.29, 0.717) is 0 Å². The van der Waals surface area contributed by atoms with Gasteiger partial charge in [-0.3, -0.25) is 0 Å². The summed E-state index contributed by atoms with van der Waals surface area (Å²) in [4.78, 5) is 8.57. The molecule has 0 aliphatic carbocycles. The molecule has 0 bridgehead atoms. The van der Waals surface area contributed by atoms with Crippen LogP contribution in [0.25, 0.3) is 0 Å². The van der Waals surface area contributed by atoms with E-state index in [0.717, 1.165) is 17.8 Å². The zero-order valence-electron chi connectivity index (χ0n) is 9.29. The van der Waals surface area contributed by atoms with Gasteiger partial charge in [-0.1, -0.05) is 32.6 Å². The fourth-order valence-corrected chi connectivity index (χ4v) is 1.44. The van der Waals surface area contributed by atoms with Crippen LogP contribution in [0.15, 0.2) is 12.4 Å². The van der Waals surface area contributed by atoms with Gasteiger partial charge in [-0.05, 0) is 18.9 Å². The second kappa shape index (κ2) is 6.52. The molecule has 0 N–H and O–H groups in total. The van der Waals surface area contributed by atoms with Crippen LogP contribution in [0.2, 0.25) is 0 Å². The van der Waals surface area contributed by atoms with Crippen molar-refractivity contribution in [2.24, 2.45) is 0 Å². The van der Waals surface area contributed by atoms with Crippen molar-refractivity contribution in [3.63, 3.8) is 0 Å². The summed E-state index contributed by atoms with van der Waals surface area (Å²) in [5, 5.41) is 0. The molecule has 0 saturated carbocycles. The highest BCUT2D eigenvalue weighted by atomic mass is 14.9. The normalized spacial score (nSPS) is 10.4. The molecule has 0 amide bonds. The molecular formula is C12H20N2. The van der Waals surface area contributed by atoms with Crippen LogP contribution in [0.3, 0.4) is 0 Å². The average molecular weight is 192 g/mol. The molecule has 0 aliphatic heterocycles. The van der Waals surface area contributed by atoms with E-state index in [1.54, 1.807) is 0 Å². The van der Waals surface area contributed by atoms with Crippen LogP contribution in [0.1, 0.15) is 50.4 Å². The summed E-state index contributed by atoms with van der Waals surface area (Å²) in [6.45, 7) is 4.26. The smallest absolute Gasteiger partial charge is 0.128 e. The summed E-state index contributed by atoms with van der Waals surface area (Å²) in [6.07, 6.45) is 11.4. The van der Waals surface area contributed by atoms with Crippen molar-refractivity contribution in [1.29, 1.82) is 0 Å². The first-order chi connectivity index (χ1) is 6.83. The van der Waals surface area contributed by atoms with Crippen molar-refractivity contribution in [2.75, 3.05) is 0 Å². The summed E-state index contributed by atoms with van der Waals surface area (Å²) >= 11 is 0. The molecule has 0 fully saturated rings. The molecule has 0 spiro atoms. The second-order valence-corrected chi connectivity index (χ2v) is 3.84. The van der Waals surface area contributed by atoms with E-state index in [1.165, 1.54) is 32.1 Å². The molecule has 0 saturated heterocycles. The van der Waals surface area contributed by atoms with Crippen LogP contribution in [-0.4, -0.2) is 9.97 Å². The number of aromatic nitrogens is 2. The Morgan fingerprint density at radius 1 is 1.00 bits per heavy atom. The molecule has 0 atom stereocenters. The quantitative estimate of drug-likeness (QED) is 0.646. The van der Waals surface area contributed by atoms with Crippen LogP contribution >= 0.6 is 0 Å². The van der Waals surface area contributed by atoms with E-state index in [2.05, 4.69) is 16.9 Å². The molecule has 1 rings (SSSR count). The van der Waals surface area contributed by atoms with E-state index >= 15 is 0 Å². The molecular weight excluding hydrogens is 172 g/mol. The largest absolute Gasteiger partial charge is 0.241 e. The zero-order chi connectivity index (χ0) is 10.2. The third-order valence-electron chi connectivity index (χ3n) is 2.34.